The Balaban J connectivity index is 0.000000516. The van der Waals surface area contributed by atoms with Gasteiger partial charge in [-0.1, -0.05) is 96.5 Å². The molecule has 2 aromatic carbocycles. The lowest BCUT2D eigenvalue weighted by Gasteiger charge is -2.38. The molecule has 1 saturated heterocycles. The third kappa shape index (κ3) is 24.0. The minimum atomic E-state index is -0.0959. The Labute approximate surface area is 250 Å². The highest BCUT2D eigenvalue weighted by atomic mass is 16.5. The number of nitrogens with one attached hydrogen (secondary N) is 1. The summed E-state index contributed by atoms with van der Waals surface area (Å²) >= 11 is 0. The van der Waals surface area contributed by atoms with Crippen LogP contribution in [0.5, 0.6) is 5.75 Å². The summed E-state index contributed by atoms with van der Waals surface area (Å²) in [7, 11) is 1.98. The number of nitrogens with zero attached hydrogens (tertiary/aromatic N) is 1. The lowest BCUT2D eigenvalue weighted by atomic mass is 9.89. The van der Waals surface area contributed by atoms with E-state index in [1.54, 1.807) is 0 Å². The summed E-state index contributed by atoms with van der Waals surface area (Å²) in [5.74, 6) is 0.931. The predicted octanol–water partition coefficient (Wildman–Crippen LogP) is 10.1. The molecule has 0 amide bonds. The summed E-state index contributed by atoms with van der Waals surface area (Å²) in [5.41, 5.74) is 2.65. The molecule has 0 aromatic heterocycles. The maximum absolute atomic E-state index is 5.60. The summed E-state index contributed by atoms with van der Waals surface area (Å²) < 4.78 is 5.60. The molecule has 3 nitrogen and oxygen atoms in total. The number of hydrogen-bond acceptors (Lipinski definition) is 3. The van der Waals surface area contributed by atoms with Gasteiger partial charge in [-0.3, -0.25) is 4.90 Å². The monoisotopic (exact) mass is 555 g/mol. The van der Waals surface area contributed by atoms with Crippen molar-refractivity contribution in [1.29, 1.82) is 0 Å². The molecule has 1 fully saturated rings. The molecule has 0 spiro atoms. The van der Waals surface area contributed by atoms with Crippen LogP contribution in [0.15, 0.2) is 60.7 Å². The first-order valence-electron chi connectivity index (χ1n) is 15.5. The fourth-order valence-corrected chi connectivity index (χ4v) is 4.10. The van der Waals surface area contributed by atoms with Crippen LogP contribution < -0.4 is 10.1 Å². The van der Waals surface area contributed by atoms with Crippen LogP contribution in [0.3, 0.4) is 0 Å². The summed E-state index contributed by atoms with van der Waals surface area (Å²) in [6.07, 6.45) is 6.70. The van der Waals surface area contributed by atoms with Crippen molar-refractivity contribution in [3.05, 3.63) is 66.2 Å². The van der Waals surface area contributed by atoms with Gasteiger partial charge in [0.25, 0.3) is 0 Å². The van der Waals surface area contributed by atoms with Crippen LogP contribution >= 0.6 is 0 Å². The lowest BCUT2D eigenvalue weighted by Crippen LogP contribution is -2.44. The van der Waals surface area contributed by atoms with E-state index in [4.69, 9.17) is 4.74 Å². The van der Waals surface area contributed by atoms with E-state index in [2.05, 4.69) is 103 Å². The minimum Gasteiger partial charge on any atom is -0.488 e. The molecule has 0 radical (unpaired) electrons. The van der Waals surface area contributed by atoms with Gasteiger partial charge in [0.15, 0.2) is 0 Å². The van der Waals surface area contributed by atoms with E-state index in [1.807, 2.05) is 58.2 Å². The maximum atomic E-state index is 5.60. The average molecular weight is 555 g/mol. The van der Waals surface area contributed by atoms with Gasteiger partial charge in [-0.15, -0.1) is 0 Å². The average Bonchev–Trinajstić information content (AvgIpc) is 2.83. The van der Waals surface area contributed by atoms with Crippen LogP contribution in [-0.2, 0) is 6.42 Å². The third-order valence-corrected chi connectivity index (χ3v) is 6.19. The summed E-state index contributed by atoms with van der Waals surface area (Å²) in [6.45, 7) is 30.2. The van der Waals surface area contributed by atoms with E-state index in [-0.39, 0.29) is 5.60 Å². The maximum Gasteiger partial charge on any atom is 0.120 e. The molecule has 0 unspecified atom stereocenters. The number of aryl methyl sites for hydroxylation is 1. The quantitative estimate of drug-likeness (QED) is 0.407. The Morgan fingerprint density at radius 2 is 1.12 bits per heavy atom. The number of benzene rings is 2. The molecule has 1 heterocycles. The summed E-state index contributed by atoms with van der Waals surface area (Å²) in [6, 6.07) is 20.5. The molecule has 40 heavy (non-hydrogen) atoms. The normalized spacial score (nSPS) is 14.4. The highest BCUT2D eigenvalue weighted by Gasteiger charge is 2.22. The molecule has 1 N–H and O–H groups in total. The highest BCUT2D eigenvalue weighted by Crippen LogP contribution is 2.21. The predicted molar refractivity (Wildman–Crippen MR) is 180 cm³/mol. The van der Waals surface area contributed by atoms with Gasteiger partial charge in [-0.05, 0) is 122 Å². The van der Waals surface area contributed by atoms with Crippen molar-refractivity contribution in [1.82, 2.24) is 10.2 Å². The topological polar surface area (TPSA) is 24.5 Å². The number of hydrogen-bond donors (Lipinski definition) is 1. The van der Waals surface area contributed by atoms with Crippen LogP contribution in [0.4, 0.5) is 0 Å². The van der Waals surface area contributed by atoms with E-state index in [0.717, 1.165) is 12.3 Å². The van der Waals surface area contributed by atoms with Crippen molar-refractivity contribution in [3.63, 3.8) is 0 Å². The second-order valence-corrected chi connectivity index (χ2v) is 15.4. The first-order chi connectivity index (χ1) is 18.3. The first kappa shape index (κ1) is 38.2. The molecule has 0 bridgehead atoms. The number of piperidine rings is 1. The van der Waals surface area contributed by atoms with Crippen molar-refractivity contribution < 1.29 is 4.74 Å². The van der Waals surface area contributed by atoms with Crippen molar-refractivity contribution in [3.8, 4) is 5.75 Å². The Bertz CT molecular complexity index is 844. The fraction of sp³-hybridized carbons (Fsp3) is 0.676. The first-order valence-corrected chi connectivity index (χ1v) is 15.5. The van der Waals surface area contributed by atoms with Crippen molar-refractivity contribution in [2.24, 2.45) is 10.8 Å². The van der Waals surface area contributed by atoms with Gasteiger partial charge in [0.1, 0.15) is 11.4 Å². The fourth-order valence-electron chi connectivity index (χ4n) is 4.10. The molecular weight excluding hydrogens is 488 g/mol. The Morgan fingerprint density at radius 1 is 0.650 bits per heavy atom. The molecule has 230 valence electrons. The number of likely N-dealkylation sites (tertiary alicyclic amines) is 1. The molecule has 0 atom stereocenters. The zero-order chi connectivity index (χ0) is 30.9. The molecule has 0 aliphatic carbocycles. The molecule has 2 aromatic rings. The van der Waals surface area contributed by atoms with E-state index in [9.17, 15) is 0 Å². The Kier molecular flexibility index (Phi) is 17.7. The smallest absolute Gasteiger partial charge is 0.120 e. The molecule has 0 saturated carbocycles. The highest BCUT2D eigenvalue weighted by molar-refractivity contribution is 5.21. The molecule has 1 aliphatic rings. The van der Waals surface area contributed by atoms with Gasteiger partial charge >= 0.3 is 0 Å². The number of rotatable bonds is 4. The number of ether oxygens (including phenoxy) is 1. The zero-order valence-corrected chi connectivity index (χ0v) is 28.8. The Hall–Kier alpha value is -1.84. The lowest BCUT2D eigenvalue weighted by molar-refractivity contribution is 0.111. The van der Waals surface area contributed by atoms with Gasteiger partial charge in [-0.25, -0.2) is 0 Å². The van der Waals surface area contributed by atoms with Crippen molar-refractivity contribution >= 4 is 0 Å². The van der Waals surface area contributed by atoms with Gasteiger partial charge in [-0.2, -0.15) is 0 Å². The van der Waals surface area contributed by atoms with E-state index < -0.39 is 0 Å². The van der Waals surface area contributed by atoms with Crippen LogP contribution in [0.2, 0.25) is 0 Å². The summed E-state index contributed by atoms with van der Waals surface area (Å²) in [5, 5.41) is 3.11. The zero-order valence-electron chi connectivity index (χ0n) is 28.8. The third-order valence-electron chi connectivity index (χ3n) is 6.19. The van der Waals surface area contributed by atoms with Crippen LogP contribution in [0.1, 0.15) is 114 Å². The Morgan fingerprint density at radius 3 is 1.45 bits per heavy atom. The second kappa shape index (κ2) is 18.6. The van der Waals surface area contributed by atoms with Crippen molar-refractivity contribution in [2.45, 2.75) is 126 Å². The van der Waals surface area contributed by atoms with Gasteiger partial charge < -0.3 is 10.1 Å². The van der Waals surface area contributed by atoms with Crippen LogP contribution in [0, 0.1) is 10.8 Å². The standard InChI is InChI=1S/C12H18.C10H14O.C9H19N.C6H15N/c1-12(2,3)10-9-11-7-5-4-6-8-11;1-10(2,3)11-9-7-5-4-6-8-9;1-9(2,3)10-7-5-4-6-8-10;1-6(2,3)5-7-4/h4-8H,9-10H2,1-3H3;4-8H,1-3H3;4-8H2,1-3H3;7H,5H2,1-4H3. The molecular formula is C37H66N2O. The van der Waals surface area contributed by atoms with E-state index >= 15 is 0 Å². The van der Waals surface area contributed by atoms with Gasteiger partial charge in [0.2, 0.25) is 0 Å². The number of para-hydroxylation sites is 1. The molecule has 3 heteroatoms. The minimum absolute atomic E-state index is 0.0959. The second-order valence-electron chi connectivity index (χ2n) is 15.4. The van der Waals surface area contributed by atoms with E-state index in [1.165, 1.54) is 50.8 Å². The summed E-state index contributed by atoms with van der Waals surface area (Å²) in [4.78, 5) is 2.58. The van der Waals surface area contributed by atoms with Crippen LogP contribution in [0.25, 0.3) is 0 Å². The SMILES string of the molecule is CC(C)(C)CCc1ccccc1.CC(C)(C)N1CCCCC1.CC(C)(C)Oc1ccccc1.CNCC(C)(C)C. The van der Waals surface area contributed by atoms with E-state index in [0.29, 0.717) is 16.4 Å². The largest absolute Gasteiger partial charge is 0.488 e. The van der Waals surface area contributed by atoms with Crippen molar-refractivity contribution in [2.75, 3.05) is 26.7 Å². The van der Waals surface area contributed by atoms with Gasteiger partial charge in [0, 0.05) is 5.54 Å². The van der Waals surface area contributed by atoms with Gasteiger partial charge in [0.05, 0.1) is 0 Å². The molecule has 3 rings (SSSR count). The molecule has 1 aliphatic heterocycles. The van der Waals surface area contributed by atoms with Crippen LogP contribution in [-0.4, -0.2) is 42.7 Å².